The van der Waals surface area contributed by atoms with Crippen LogP contribution in [0.5, 0.6) is 0 Å². The lowest BCUT2D eigenvalue weighted by Crippen LogP contribution is -2.32. The van der Waals surface area contributed by atoms with Crippen LogP contribution in [0.1, 0.15) is 12.8 Å². The number of carbonyl (C=O) groups excluding carboxylic acids is 1. The molecule has 1 unspecified atom stereocenters. The molecule has 0 aliphatic carbocycles. The van der Waals surface area contributed by atoms with Gasteiger partial charge in [-0.15, -0.1) is 0 Å². The lowest BCUT2D eigenvalue weighted by atomic mass is 10.2. The fraction of sp³-hybridized carbons (Fsp3) is 0.500. The Morgan fingerprint density at radius 1 is 1.33 bits per heavy atom. The number of nitrogens with two attached hydrogens (primary N) is 1. The molecule has 0 bridgehead atoms. The molecule has 0 radical (unpaired) electrons. The van der Waals surface area contributed by atoms with Crippen molar-refractivity contribution < 1.29 is 34.4 Å². The van der Waals surface area contributed by atoms with E-state index in [0.717, 1.165) is 6.08 Å². The van der Waals surface area contributed by atoms with E-state index in [1.54, 1.807) is 0 Å². The van der Waals surface area contributed by atoms with Crippen LogP contribution in [0.25, 0.3) is 0 Å². The van der Waals surface area contributed by atoms with Crippen molar-refractivity contribution >= 4 is 17.9 Å². The van der Waals surface area contributed by atoms with E-state index in [1.165, 1.54) is 0 Å². The van der Waals surface area contributed by atoms with E-state index in [4.69, 9.17) is 21.1 Å². The topological polar surface area (TPSA) is 147 Å². The number of carboxylic acid groups (broad SMARTS) is 2. The Bertz CT molecular complexity index is 290. The van der Waals surface area contributed by atoms with E-state index >= 15 is 0 Å². The SMILES string of the molecule is C=CC(=O)OCCCO.NC(CC(=O)O)C(=O)O. The molecule has 0 aromatic rings. The molecule has 0 saturated heterocycles. The third kappa shape index (κ3) is 14.1. The molecule has 0 aromatic heterocycles. The van der Waals surface area contributed by atoms with Crippen molar-refractivity contribution in [3.8, 4) is 0 Å². The van der Waals surface area contributed by atoms with Crippen LogP contribution in [-0.4, -0.2) is 52.5 Å². The first kappa shape index (κ1) is 18.4. The number of hydrogen-bond acceptors (Lipinski definition) is 6. The predicted octanol–water partition coefficient (Wildman–Crippen LogP) is -1.03. The van der Waals surface area contributed by atoms with E-state index in [-0.39, 0.29) is 13.2 Å². The first-order valence-electron chi connectivity index (χ1n) is 4.95. The minimum Gasteiger partial charge on any atom is -0.481 e. The second-order valence-electron chi connectivity index (χ2n) is 2.99. The summed E-state index contributed by atoms with van der Waals surface area (Å²) in [5, 5.41) is 24.3. The Labute approximate surface area is 104 Å². The van der Waals surface area contributed by atoms with Gasteiger partial charge in [-0.3, -0.25) is 9.59 Å². The smallest absolute Gasteiger partial charge is 0.330 e. The van der Waals surface area contributed by atoms with Gasteiger partial charge in [-0.2, -0.15) is 0 Å². The van der Waals surface area contributed by atoms with Gasteiger partial charge in [-0.05, 0) is 0 Å². The molecule has 0 rings (SSSR count). The third-order valence-corrected chi connectivity index (χ3v) is 1.43. The first-order chi connectivity index (χ1) is 8.34. The summed E-state index contributed by atoms with van der Waals surface area (Å²) in [7, 11) is 0. The molecule has 18 heavy (non-hydrogen) atoms. The molecule has 0 aliphatic heterocycles. The quantitative estimate of drug-likeness (QED) is 0.259. The molecule has 0 saturated carbocycles. The van der Waals surface area contributed by atoms with E-state index in [0.29, 0.717) is 6.42 Å². The van der Waals surface area contributed by atoms with Crippen LogP contribution < -0.4 is 5.73 Å². The average Bonchev–Trinajstić information content (AvgIpc) is 2.29. The molecule has 8 heteroatoms. The zero-order valence-corrected chi connectivity index (χ0v) is 9.74. The Kier molecular flexibility index (Phi) is 11.8. The van der Waals surface area contributed by atoms with Gasteiger partial charge in [-0.25, -0.2) is 4.79 Å². The summed E-state index contributed by atoms with van der Waals surface area (Å²) >= 11 is 0. The lowest BCUT2D eigenvalue weighted by Gasteiger charge is -1.99. The summed E-state index contributed by atoms with van der Waals surface area (Å²) in [4.78, 5) is 29.9. The van der Waals surface area contributed by atoms with Gasteiger partial charge in [0, 0.05) is 19.1 Å². The van der Waals surface area contributed by atoms with Gasteiger partial charge in [0.1, 0.15) is 6.04 Å². The highest BCUT2D eigenvalue weighted by Gasteiger charge is 2.14. The molecular formula is C10H17NO7. The number of carboxylic acids is 2. The molecule has 104 valence electrons. The number of hydrogen-bond donors (Lipinski definition) is 4. The van der Waals surface area contributed by atoms with Crippen LogP contribution in [0.4, 0.5) is 0 Å². The third-order valence-electron chi connectivity index (χ3n) is 1.43. The molecule has 0 heterocycles. The molecular weight excluding hydrogens is 246 g/mol. The van der Waals surface area contributed by atoms with Crippen LogP contribution in [-0.2, 0) is 19.1 Å². The van der Waals surface area contributed by atoms with Crippen molar-refractivity contribution in [1.29, 1.82) is 0 Å². The highest BCUT2D eigenvalue weighted by molar-refractivity contribution is 5.81. The van der Waals surface area contributed by atoms with Crippen LogP contribution >= 0.6 is 0 Å². The zero-order chi connectivity index (χ0) is 14.6. The summed E-state index contributed by atoms with van der Waals surface area (Å²) in [6, 6.07) is -1.29. The molecule has 5 N–H and O–H groups in total. The van der Waals surface area contributed by atoms with Crippen molar-refractivity contribution in [2.75, 3.05) is 13.2 Å². The zero-order valence-electron chi connectivity index (χ0n) is 9.74. The van der Waals surface area contributed by atoms with E-state index < -0.39 is 30.4 Å². The Morgan fingerprint density at radius 2 is 1.89 bits per heavy atom. The van der Waals surface area contributed by atoms with Crippen LogP contribution in [0, 0.1) is 0 Å². The van der Waals surface area contributed by atoms with E-state index in [9.17, 15) is 14.4 Å². The number of carbonyl (C=O) groups is 3. The van der Waals surface area contributed by atoms with Gasteiger partial charge < -0.3 is 25.8 Å². The molecule has 0 fully saturated rings. The highest BCUT2D eigenvalue weighted by Crippen LogP contribution is 1.86. The van der Waals surface area contributed by atoms with Gasteiger partial charge >= 0.3 is 17.9 Å². The Morgan fingerprint density at radius 3 is 2.17 bits per heavy atom. The van der Waals surface area contributed by atoms with Crippen molar-refractivity contribution in [3.63, 3.8) is 0 Å². The van der Waals surface area contributed by atoms with Gasteiger partial charge in [0.2, 0.25) is 0 Å². The molecule has 0 amide bonds. The van der Waals surface area contributed by atoms with Crippen molar-refractivity contribution in [2.45, 2.75) is 18.9 Å². The summed E-state index contributed by atoms with van der Waals surface area (Å²) < 4.78 is 4.51. The normalized spacial score (nSPS) is 10.6. The second kappa shape index (κ2) is 11.6. The number of aliphatic hydroxyl groups is 1. The number of ether oxygens (including phenoxy) is 1. The standard InChI is InChI=1S/C6H10O3.C4H7NO4/c1-2-6(8)9-5-3-4-7;5-2(4(8)9)1-3(6)7/h2,7H,1,3-5H2;2H,1,5H2,(H,6,7)(H,8,9). The average molecular weight is 263 g/mol. The second-order valence-corrected chi connectivity index (χ2v) is 2.99. The van der Waals surface area contributed by atoms with E-state index in [1.807, 2.05) is 0 Å². The van der Waals surface area contributed by atoms with Gasteiger partial charge in [0.05, 0.1) is 13.0 Å². The number of aliphatic hydroxyl groups excluding tert-OH is 1. The lowest BCUT2D eigenvalue weighted by molar-refractivity contribution is -0.144. The predicted molar refractivity (Wildman–Crippen MR) is 60.7 cm³/mol. The maximum atomic E-state index is 10.3. The summed E-state index contributed by atoms with van der Waals surface area (Å²) in [6.45, 7) is 3.51. The monoisotopic (exact) mass is 263 g/mol. The first-order valence-corrected chi connectivity index (χ1v) is 4.95. The number of esters is 1. The Balaban J connectivity index is 0. The fourth-order valence-corrected chi connectivity index (χ4v) is 0.572. The molecule has 0 spiro atoms. The van der Waals surface area contributed by atoms with Crippen LogP contribution in [0.2, 0.25) is 0 Å². The van der Waals surface area contributed by atoms with Gasteiger partial charge in [0.15, 0.2) is 0 Å². The largest absolute Gasteiger partial charge is 0.481 e. The summed E-state index contributed by atoms with van der Waals surface area (Å²) in [6.07, 6.45) is 1.05. The minimum absolute atomic E-state index is 0.0461. The Hall–Kier alpha value is -1.93. The minimum atomic E-state index is -1.29. The maximum absolute atomic E-state index is 10.3. The van der Waals surface area contributed by atoms with E-state index in [2.05, 4.69) is 11.3 Å². The van der Waals surface area contributed by atoms with Gasteiger partial charge in [0.25, 0.3) is 0 Å². The molecule has 0 aliphatic rings. The van der Waals surface area contributed by atoms with Gasteiger partial charge in [-0.1, -0.05) is 6.58 Å². The fourth-order valence-electron chi connectivity index (χ4n) is 0.572. The van der Waals surface area contributed by atoms with Crippen molar-refractivity contribution in [3.05, 3.63) is 12.7 Å². The number of aliphatic carboxylic acids is 2. The summed E-state index contributed by atoms with van der Waals surface area (Å²) in [5.74, 6) is -2.94. The molecule has 8 nitrogen and oxygen atoms in total. The van der Waals surface area contributed by atoms with Crippen molar-refractivity contribution in [1.82, 2.24) is 0 Å². The molecule has 0 aromatic carbocycles. The van der Waals surface area contributed by atoms with Crippen LogP contribution in [0.3, 0.4) is 0 Å². The van der Waals surface area contributed by atoms with Crippen molar-refractivity contribution in [2.24, 2.45) is 5.73 Å². The summed E-state index contributed by atoms with van der Waals surface area (Å²) in [5.41, 5.74) is 4.84. The maximum Gasteiger partial charge on any atom is 0.330 e. The molecule has 1 atom stereocenters. The van der Waals surface area contributed by atoms with Crippen LogP contribution in [0.15, 0.2) is 12.7 Å². The highest BCUT2D eigenvalue weighted by atomic mass is 16.5. The number of rotatable bonds is 7.